The molecule has 0 unspecified atom stereocenters. The number of phosphoric acid groups is 1. The molecule has 0 radical (unpaired) electrons. The summed E-state index contributed by atoms with van der Waals surface area (Å²) >= 11 is 0. The summed E-state index contributed by atoms with van der Waals surface area (Å²) in [4.78, 5) is 34.8. The molecule has 0 aliphatic rings. The predicted octanol–water partition coefficient (Wildman–Crippen LogP) is 2.37. The number of ether oxygens (including phenoxy) is 1. The second-order valence-electron chi connectivity index (χ2n) is 7.00. The van der Waals surface area contributed by atoms with Crippen LogP contribution in [0.25, 0.3) is 22.7 Å². The fourth-order valence-corrected chi connectivity index (χ4v) is 3.27. The van der Waals surface area contributed by atoms with E-state index in [-0.39, 0.29) is 5.76 Å². The van der Waals surface area contributed by atoms with Crippen LogP contribution >= 0.6 is 7.82 Å². The summed E-state index contributed by atoms with van der Waals surface area (Å²) in [5.74, 6) is -0.105. The van der Waals surface area contributed by atoms with Crippen molar-refractivity contribution in [2.75, 3.05) is 19.0 Å². The number of hydrogen-bond donors (Lipinski definition) is 3. The van der Waals surface area contributed by atoms with Gasteiger partial charge < -0.3 is 24.3 Å². The molecular formula is C20H21N6O7P. The van der Waals surface area contributed by atoms with Crippen LogP contribution in [0.4, 0.5) is 5.69 Å². The van der Waals surface area contributed by atoms with Gasteiger partial charge in [-0.3, -0.25) is 19.0 Å². The number of carbonyl (C=O) groups excluding carboxylic acids is 1. The fourth-order valence-electron chi connectivity index (χ4n) is 3.00. The first-order chi connectivity index (χ1) is 16.3. The number of nitrogens with one attached hydrogen (secondary N) is 1. The molecule has 4 aromatic heterocycles. The number of amides is 1. The molecule has 34 heavy (non-hydrogen) atoms. The zero-order valence-corrected chi connectivity index (χ0v) is 18.8. The Balaban J connectivity index is 1.50. The smallest absolute Gasteiger partial charge is 0.451 e. The van der Waals surface area contributed by atoms with E-state index < -0.39 is 20.5 Å². The van der Waals surface area contributed by atoms with Crippen molar-refractivity contribution in [3.05, 3.63) is 60.9 Å². The molecule has 4 aromatic rings. The third kappa shape index (κ3) is 5.84. The molecule has 0 atom stereocenters. The van der Waals surface area contributed by atoms with Gasteiger partial charge in [-0.15, -0.1) is 0 Å². The monoisotopic (exact) mass is 488 g/mol. The number of carbonyl (C=O) groups is 1. The number of nitrogens with zero attached hydrogens (tertiary/aromatic N) is 5. The van der Waals surface area contributed by atoms with Crippen molar-refractivity contribution >= 4 is 19.4 Å². The Morgan fingerprint density at radius 1 is 1.21 bits per heavy atom. The topological polar surface area (TPSA) is 167 Å². The number of rotatable bonds is 10. The molecule has 0 aromatic carbocycles. The van der Waals surface area contributed by atoms with Crippen LogP contribution in [0.3, 0.4) is 0 Å². The van der Waals surface area contributed by atoms with E-state index in [2.05, 4.69) is 25.0 Å². The zero-order valence-electron chi connectivity index (χ0n) is 17.9. The highest BCUT2D eigenvalue weighted by Crippen LogP contribution is 2.36. The van der Waals surface area contributed by atoms with Gasteiger partial charge in [-0.05, 0) is 24.3 Å². The third-order valence-electron chi connectivity index (χ3n) is 4.55. The first-order valence-electron chi connectivity index (χ1n) is 9.94. The average Bonchev–Trinajstić information content (AvgIpc) is 3.55. The third-order valence-corrected chi connectivity index (χ3v) is 5.00. The van der Waals surface area contributed by atoms with Crippen molar-refractivity contribution in [3.8, 4) is 22.7 Å². The summed E-state index contributed by atoms with van der Waals surface area (Å²) in [6.07, 6.45) is 6.21. The van der Waals surface area contributed by atoms with Crippen molar-refractivity contribution in [2.45, 2.75) is 13.3 Å². The molecule has 0 aliphatic carbocycles. The summed E-state index contributed by atoms with van der Waals surface area (Å²) in [6, 6.07) is 8.49. The highest BCUT2D eigenvalue weighted by Gasteiger charge is 2.19. The molecule has 1 amide bonds. The van der Waals surface area contributed by atoms with Crippen LogP contribution in [-0.2, 0) is 27.1 Å². The van der Waals surface area contributed by atoms with Crippen molar-refractivity contribution in [2.24, 2.45) is 0 Å². The van der Waals surface area contributed by atoms with Crippen molar-refractivity contribution in [1.29, 1.82) is 0 Å². The van der Waals surface area contributed by atoms with Gasteiger partial charge in [0.05, 0.1) is 36.3 Å². The Hall–Kier alpha value is -3.61. The fraction of sp³-hybridized carbons (Fsp3) is 0.200. The van der Waals surface area contributed by atoms with Gasteiger partial charge in [0.1, 0.15) is 11.5 Å². The van der Waals surface area contributed by atoms with Gasteiger partial charge in [-0.25, -0.2) is 9.25 Å². The first-order valence-corrected chi connectivity index (χ1v) is 11.5. The minimum absolute atomic E-state index is 0.0471. The average molecular weight is 488 g/mol. The summed E-state index contributed by atoms with van der Waals surface area (Å²) < 4.78 is 28.8. The second kappa shape index (κ2) is 10.1. The van der Waals surface area contributed by atoms with Crippen LogP contribution in [0.15, 0.2) is 59.5 Å². The minimum Gasteiger partial charge on any atom is -0.451 e. The van der Waals surface area contributed by atoms with Gasteiger partial charge in [0.15, 0.2) is 12.5 Å². The van der Waals surface area contributed by atoms with E-state index in [1.807, 2.05) is 6.07 Å². The molecule has 0 aliphatic heterocycles. The standard InChI is InChI=1S/C20H21N6O7P/c1-31-9-8-25-12-16(19(24-25)15-4-2-3-7-21-15)23-20(27)18-6-5-17(33-18)14-10-22-26(11-14)13-32-34(28,29)30/h2-7,10-12H,8-9,13H2,1H3,(H,23,27)(H2,28,29,30). The molecule has 3 N–H and O–H groups in total. The number of phosphoric ester groups is 1. The van der Waals surface area contributed by atoms with E-state index in [0.717, 1.165) is 0 Å². The summed E-state index contributed by atoms with van der Waals surface area (Å²) in [5, 5.41) is 11.3. The number of hydrogen-bond acceptors (Lipinski definition) is 8. The van der Waals surface area contributed by atoms with E-state index in [4.69, 9.17) is 18.9 Å². The lowest BCUT2D eigenvalue weighted by Crippen LogP contribution is -2.11. The zero-order chi connectivity index (χ0) is 24.1. The van der Waals surface area contributed by atoms with Crippen LogP contribution in [0, 0.1) is 0 Å². The molecule has 0 saturated heterocycles. The van der Waals surface area contributed by atoms with Crippen LogP contribution in [0.5, 0.6) is 0 Å². The molecule has 0 fully saturated rings. The van der Waals surface area contributed by atoms with Crippen LogP contribution in [0.1, 0.15) is 10.6 Å². The van der Waals surface area contributed by atoms with E-state index in [1.165, 1.54) is 23.1 Å². The second-order valence-corrected chi connectivity index (χ2v) is 8.24. The maximum atomic E-state index is 12.9. The molecule has 0 spiro atoms. The Morgan fingerprint density at radius 2 is 2.06 bits per heavy atom. The van der Waals surface area contributed by atoms with E-state index in [9.17, 15) is 9.36 Å². The number of pyridine rings is 1. The van der Waals surface area contributed by atoms with E-state index in [1.54, 1.807) is 42.4 Å². The maximum absolute atomic E-state index is 12.9. The Labute approximate surface area is 193 Å². The van der Waals surface area contributed by atoms with Crippen molar-refractivity contribution in [1.82, 2.24) is 24.5 Å². The quantitative estimate of drug-likeness (QED) is 0.282. The highest BCUT2D eigenvalue weighted by molar-refractivity contribution is 7.46. The molecule has 0 bridgehead atoms. The van der Waals surface area contributed by atoms with Gasteiger partial charge >= 0.3 is 7.82 Å². The maximum Gasteiger partial charge on any atom is 0.471 e. The van der Waals surface area contributed by atoms with E-state index in [0.29, 0.717) is 41.6 Å². The van der Waals surface area contributed by atoms with Gasteiger partial charge in [-0.1, -0.05) is 6.07 Å². The summed E-state index contributed by atoms with van der Waals surface area (Å²) in [5.41, 5.74) is 2.05. The lowest BCUT2D eigenvalue weighted by atomic mass is 10.2. The van der Waals surface area contributed by atoms with Crippen LogP contribution in [-0.4, -0.2) is 54.0 Å². The lowest BCUT2D eigenvalue weighted by molar-refractivity contribution is 0.0997. The largest absolute Gasteiger partial charge is 0.471 e. The number of furan rings is 1. The SMILES string of the molecule is COCCn1cc(NC(=O)c2ccc(-c3cnn(COP(=O)(O)O)c3)o2)c(-c2ccccn2)n1. The number of aromatic nitrogens is 5. The Morgan fingerprint density at radius 3 is 2.79 bits per heavy atom. The molecule has 4 rings (SSSR count). The molecule has 4 heterocycles. The Kier molecular flexibility index (Phi) is 7.01. The van der Waals surface area contributed by atoms with Crippen molar-refractivity contribution < 1.29 is 32.8 Å². The van der Waals surface area contributed by atoms with Gasteiger partial charge in [-0.2, -0.15) is 10.2 Å². The molecule has 178 valence electrons. The summed E-state index contributed by atoms with van der Waals surface area (Å²) in [7, 11) is -3.03. The molecule has 14 heteroatoms. The minimum atomic E-state index is -4.62. The van der Waals surface area contributed by atoms with E-state index >= 15 is 0 Å². The Bertz CT molecular complexity index is 1310. The molecule has 13 nitrogen and oxygen atoms in total. The highest BCUT2D eigenvalue weighted by atomic mass is 31.2. The van der Waals surface area contributed by atoms with Gasteiger partial charge in [0.25, 0.3) is 5.91 Å². The van der Waals surface area contributed by atoms with Gasteiger partial charge in [0.2, 0.25) is 0 Å². The molecular weight excluding hydrogens is 467 g/mol. The number of anilines is 1. The lowest BCUT2D eigenvalue weighted by Gasteiger charge is -2.04. The van der Waals surface area contributed by atoms with Gasteiger partial charge in [0, 0.05) is 25.7 Å². The summed E-state index contributed by atoms with van der Waals surface area (Å²) in [6.45, 7) is 0.500. The van der Waals surface area contributed by atoms with Crippen molar-refractivity contribution in [3.63, 3.8) is 0 Å². The molecule has 0 saturated carbocycles. The normalized spacial score (nSPS) is 11.6. The van der Waals surface area contributed by atoms with Crippen LogP contribution in [0.2, 0.25) is 0 Å². The van der Waals surface area contributed by atoms with Crippen LogP contribution < -0.4 is 5.32 Å². The predicted molar refractivity (Wildman–Crippen MR) is 118 cm³/mol. The number of methoxy groups -OCH3 is 1. The first kappa shape index (κ1) is 23.5.